The molecule has 0 atom stereocenters. The largest absolute Gasteiger partial charge is 0.370 e. The van der Waals surface area contributed by atoms with Gasteiger partial charge in [0.15, 0.2) is 5.82 Å². The van der Waals surface area contributed by atoms with Crippen LogP contribution in [0, 0.1) is 0 Å². The molecule has 4 heterocycles. The van der Waals surface area contributed by atoms with Gasteiger partial charge in [0, 0.05) is 13.1 Å². The van der Waals surface area contributed by atoms with Crippen LogP contribution in [0.4, 0.5) is 17.3 Å². The first-order valence-electron chi connectivity index (χ1n) is 8.80. The standard InChI is InChI=1S/C19H22N6/c1-13(2)14-9-19(24-21-11-14)23-18-6-5-16-17(22-18)10-15(12-20-16)25-7-3-4-8-25/h5-6,9-13H,3-4,7-8H2,1-2H3,(H,22,23,24). The minimum absolute atomic E-state index is 0.410. The maximum absolute atomic E-state index is 4.71. The number of nitrogens with zero attached hydrogens (tertiary/aromatic N) is 5. The number of rotatable bonds is 4. The van der Waals surface area contributed by atoms with E-state index in [1.54, 1.807) is 6.20 Å². The summed E-state index contributed by atoms with van der Waals surface area (Å²) in [6.45, 7) is 6.48. The van der Waals surface area contributed by atoms with Crippen molar-refractivity contribution in [2.24, 2.45) is 0 Å². The van der Waals surface area contributed by atoms with E-state index in [2.05, 4.69) is 45.3 Å². The monoisotopic (exact) mass is 334 g/mol. The number of hydrogen-bond donors (Lipinski definition) is 1. The van der Waals surface area contributed by atoms with Gasteiger partial charge in [0.2, 0.25) is 0 Å². The van der Waals surface area contributed by atoms with Crippen LogP contribution in [0.25, 0.3) is 11.0 Å². The van der Waals surface area contributed by atoms with E-state index >= 15 is 0 Å². The Balaban J connectivity index is 1.62. The molecule has 25 heavy (non-hydrogen) atoms. The van der Waals surface area contributed by atoms with Crippen molar-refractivity contribution >= 4 is 28.4 Å². The molecule has 1 aliphatic heterocycles. The van der Waals surface area contributed by atoms with Crippen LogP contribution < -0.4 is 10.2 Å². The number of hydrogen-bond acceptors (Lipinski definition) is 6. The molecule has 0 aromatic carbocycles. The third kappa shape index (κ3) is 3.38. The highest BCUT2D eigenvalue weighted by Gasteiger charge is 2.13. The molecule has 0 radical (unpaired) electrons. The zero-order chi connectivity index (χ0) is 17.2. The van der Waals surface area contributed by atoms with Crippen molar-refractivity contribution in [2.45, 2.75) is 32.6 Å². The maximum Gasteiger partial charge on any atom is 0.154 e. The Labute approximate surface area is 147 Å². The minimum atomic E-state index is 0.410. The first-order chi connectivity index (χ1) is 12.2. The zero-order valence-electron chi connectivity index (χ0n) is 14.6. The van der Waals surface area contributed by atoms with E-state index in [9.17, 15) is 0 Å². The highest BCUT2D eigenvalue weighted by Crippen LogP contribution is 2.24. The summed E-state index contributed by atoms with van der Waals surface area (Å²) in [6, 6.07) is 8.05. The van der Waals surface area contributed by atoms with Crippen molar-refractivity contribution in [1.82, 2.24) is 20.2 Å². The van der Waals surface area contributed by atoms with Crippen LogP contribution in [0.3, 0.4) is 0 Å². The van der Waals surface area contributed by atoms with Gasteiger partial charge in [-0.3, -0.25) is 4.98 Å². The van der Waals surface area contributed by atoms with E-state index in [0.29, 0.717) is 11.7 Å². The lowest BCUT2D eigenvalue weighted by molar-refractivity contribution is 0.843. The molecular weight excluding hydrogens is 312 g/mol. The van der Waals surface area contributed by atoms with E-state index < -0.39 is 0 Å². The minimum Gasteiger partial charge on any atom is -0.370 e. The molecule has 6 nitrogen and oxygen atoms in total. The molecule has 0 bridgehead atoms. The lowest BCUT2D eigenvalue weighted by Gasteiger charge is -2.17. The van der Waals surface area contributed by atoms with Gasteiger partial charge in [0.05, 0.1) is 29.1 Å². The summed E-state index contributed by atoms with van der Waals surface area (Å²) >= 11 is 0. The van der Waals surface area contributed by atoms with Gasteiger partial charge < -0.3 is 10.2 Å². The molecule has 1 saturated heterocycles. The normalized spacial score (nSPS) is 14.4. The van der Waals surface area contributed by atoms with Crippen molar-refractivity contribution in [3.05, 3.63) is 42.2 Å². The number of pyridine rings is 2. The van der Waals surface area contributed by atoms with E-state index in [4.69, 9.17) is 4.98 Å². The second-order valence-corrected chi connectivity index (χ2v) is 6.78. The molecule has 0 aliphatic carbocycles. The fraction of sp³-hybridized carbons (Fsp3) is 0.368. The summed E-state index contributed by atoms with van der Waals surface area (Å²) in [7, 11) is 0. The Morgan fingerprint density at radius 2 is 1.84 bits per heavy atom. The van der Waals surface area contributed by atoms with Crippen LogP contribution in [0.5, 0.6) is 0 Å². The Kier molecular flexibility index (Phi) is 4.17. The lowest BCUT2D eigenvalue weighted by Crippen LogP contribution is -2.17. The van der Waals surface area contributed by atoms with Crippen LogP contribution in [0.15, 0.2) is 36.7 Å². The molecule has 128 valence electrons. The molecule has 0 amide bonds. The molecule has 1 aliphatic rings. The van der Waals surface area contributed by atoms with Gasteiger partial charge in [-0.2, -0.15) is 5.10 Å². The average Bonchev–Trinajstić information content (AvgIpc) is 3.16. The number of fused-ring (bicyclic) bond motifs is 1. The second kappa shape index (κ2) is 6.63. The molecule has 6 heteroatoms. The quantitative estimate of drug-likeness (QED) is 0.781. The van der Waals surface area contributed by atoms with Crippen LogP contribution in [0.1, 0.15) is 38.2 Å². The summed E-state index contributed by atoms with van der Waals surface area (Å²) in [5, 5.41) is 11.5. The summed E-state index contributed by atoms with van der Waals surface area (Å²) in [6.07, 6.45) is 6.24. The van der Waals surface area contributed by atoms with Crippen LogP contribution in [-0.4, -0.2) is 33.3 Å². The predicted octanol–water partition coefficient (Wildman–Crippen LogP) is 3.89. The van der Waals surface area contributed by atoms with Gasteiger partial charge in [0.1, 0.15) is 5.82 Å². The predicted molar refractivity (Wildman–Crippen MR) is 100 cm³/mol. The zero-order valence-corrected chi connectivity index (χ0v) is 14.6. The summed E-state index contributed by atoms with van der Waals surface area (Å²) in [4.78, 5) is 11.6. The highest BCUT2D eigenvalue weighted by molar-refractivity contribution is 5.80. The number of aromatic nitrogens is 4. The molecule has 0 saturated carbocycles. The highest BCUT2D eigenvalue weighted by atomic mass is 15.2. The molecule has 1 fully saturated rings. The third-order valence-electron chi connectivity index (χ3n) is 4.59. The van der Waals surface area contributed by atoms with E-state index in [1.807, 2.05) is 24.4 Å². The van der Waals surface area contributed by atoms with E-state index in [1.165, 1.54) is 12.8 Å². The van der Waals surface area contributed by atoms with Crippen molar-refractivity contribution in [3.63, 3.8) is 0 Å². The fourth-order valence-electron chi connectivity index (χ4n) is 3.10. The Bertz CT molecular complexity index is 886. The third-order valence-corrected chi connectivity index (χ3v) is 4.59. The Morgan fingerprint density at radius 3 is 2.64 bits per heavy atom. The summed E-state index contributed by atoms with van der Waals surface area (Å²) < 4.78 is 0. The van der Waals surface area contributed by atoms with Crippen molar-refractivity contribution < 1.29 is 0 Å². The Hall–Kier alpha value is -2.76. The van der Waals surface area contributed by atoms with Gasteiger partial charge in [-0.1, -0.05) is 13.8 Å². The molecular formula is C19H22N6. The number of anilines is 3. The molecule has 0 unspecified atom stereocenters. The maximum atomic E-state index is 4.71. The van der Waals surface area contributed by atoms with Gasteiger partial charge >= 0.3 is 0 Å². The molecule has 3 aromatic rings. The lowest BCUT2D eigenvalue weighted by atomic mass is 10.1. The Morgan fingerprint density at radius 1 is 1.00 bits per heavy atom. The van der Waals surface area contributed by atoms with Crippen LogP contribution >= 0.6 is 0 Å². The fourth-order valence-corrected chi connectivity index (χ4v) is 3.10. The van der Waals surface area contributed by atoms with Crippen LogP contribution in [-0.2, 0) is 0 Å². The SMILES string of the molecule is CC(C)c1cnnc(Nc2ccc3ncc(N4CCCC4)cc3n2)c1. The molecule has 4 rings (SSSR count). The van der Waals surface area contributed by atoms with Gasteiger partial charge in [-0.15, -0.1) is 5.10 Å². The smallest absolute Gasteiger partial charge is 0.154 e. The van der Waals surface area contributed by atoms with Crippen molar-refractivity contribution in [2.75, 3.05) is 23.3 Å². The second-order valence-electron chi connectivity index (χ2n) is 6.78. The van der Waals surface area contributed by atoms with E-state index in [0.717, 1.165) is 41.2 Å². The van der Waals surface area contributed by atoms with Gasteiger partial charge in [0.25, 0.3) is 0 Å². The number of nitrogens with one attached hydrogen (secondary N) is 1. The summed E-state index contributed by atoms with van der Waals surface area (Å²) in [5.74, 6) is 1.87. The molecule has 1 N–H and O–H groups in total. The van der Waals surface area contributed by atoms with Gasteiger partial charge in [-0.25, -0.2) is 4.98 Å². The van der Waals surface area contributed by atoms with Crippen molar-refractivity contribution in [3.8, 4) is 0 Å². The summed E-state index contributed by atoms with van der Waals surface area (Å²) in [5.41, 5.74) is 4.09. The van der Waals surface area contributed by atoms with Gasteiger partial charge in [-0.05, 0) is 48.6 Å². The first kappa shape index (κ1) is 15.7. The average molecular weight is 334 g/mol. The van der Waals surface area contributed by atoms with Crippen molar-refractivity contribution in [1.29, 1.82) is 0 Å². The topological polar surface area (TPSA) is 66.8 Å². The molecule has 0 spiro atoms. The molecule has 3 aromatic heterocycles. The van der Waals surface area contributed by atoms with E-state index in [-0.39, 0.29) is 0 Å². The first-order valence-corrected chi connectivity index (χ1v) is 8.80. The van der Waals surface area contributed by atoms with Crippen LogP contribution in [0.2, 0.25) is 0 Å².